The van der Waals surface area contributed by atoms with E-state index in [1.807, 2.05) is 98.8 Å². The third kappa shape index (κ3) is 7.81. The van der Waals surface area contributed by atoms with Gasteiger partial charge in [0.05, 0.1) is 46.6 Å². The fourth-order valence-electron chi connectivity index (χ4n) is 6.01. The number of hydrogen-bond donors (Lipinski definition) is 3. The molecule has 0 spiro atoms. The number of aromatic nitrogens is 4. The Morgan fingerprint density at radius 1 is 0.833 bits per heavy atom. The van der Waals surface area contributed by atoms with E-state index in [9.17, 15) is 9.59 Å². The first kappa shape index (κ1) is 36.4. The molecule has 48 heavy (non-hydrogen) atoms. The number of carbonyl (C=O) groups excluding carboxylic acids is 1. The zero-order chi connectivity index (χ0) is 35.0. The lowest BCUT2D eigenvalue weighted by molar-refractivity contribution is 0.0218. The summed E-state index contributed by atoms with van der Waals surface area (Å²) in [5.41, 5.74) is 3.77. The highest BCUT2D eigenvalue weighted by molar-refractivity contribution is 5.93. The minimum Gasteiger partial charge on any atom is -0.456 e. The molecule has 3 aromatic heterocycles. The van der Waals surface area contributed by atoms with Crippen LogP contribution in [-0.4, -0.2) is 49.6 Å². The van der Waals surface area contributed by atoms with Gasteiger partial charge in [-0.3, -0.25) is 9.69 Å². The van der Waals surface area contributed by atoms with E-state index in [0.717, 1.165) is 60.6 Å². The van der Waals surface area contributed by atoms with Gasteiger partial charge in [0.25, 0.3) is 0 Å². The average Bonchev–Trinajstić information content (AvgIpc) is 3.93. The SMILES string of the molecule is CC.CC.CC.CC(C)(C)OC(=O)N1CCCC1c1ncc(-c2ccc3c(=O)c4cc(-c5cnc([C@@H]6CCCN6)[nH]5)ccc4oc3c2)[nH]1. The van der Waals surface area contributed by atoms with E-state index in [0.29, 0.717) is 34.3 Å². The maximum Gasteiger partial charge on any atom is 0.410 e. The van der Waals surface area contributed by atoms with Crippen molar-refractivity contribution >= 4 is 28.0 Å². The first-order valence-electron chi connectivity index (χ1n) is 17.6. The number of carbonyl (C=O) groups is 1. The summed E-state index contributed by atoms with van der Waals surface area (Å²) in [6.07, 6.45) is 7.15. The Morgan fingerprint density at radius 2 is 1.48 bits per heavy atom. The minimum atomic E-state index is -0.561. The number of H-pyrrole nitrogens is 2. The summed E-state index contributed by atoms with van der Waals surface area (Å²) >= 11 is 0. The van der Waals surface area contributed by atoms with Crippen molar-refractivity contribution in [1.29, 1.82) is 0 Å². The molecule has 0 radical (unpaired) electrons. The first-order valence-corrected chi connectivity index (χ1v) is 17.6. The summed E-state index contributed by atoms with van der Waals surface area (Å²) in [5, 5.41) is 4.49. The molecule has 2 aliphatic heterocycles. The molecule has 5 aromatic rings. The Hall–Kier alpha value is -4.44. The van der Waals surface area contributed by atoms with E-state index in [-0.39, 0.29) is 23.6 Å². The number of ether oxygens (including phenoxy) is 1. The topological polar surface area (TPSA) is 129 Å². The average molecular weight is 657 g/mol. The molecule has 10 heteroatoms. The van der Waals surface area contributed by atoms with Crippen LogP contribution in [0.1, 0.15) is 112 Å². The van der Waals surface area contributed by atoms with Crippen molar-refractivity contribution in [3.63, 3.8) is 0 Å². The van der Waals surface area contributed by atoms with Gasteiger partial charge in [-0.2, -0.15) is 0 Å². The molecule has 0 aliphatic carbocycles. The van der Waals surface area contributed by atoms with Gasteiger partial charge >= 0.3 is 6.09 Å². The number of likely N-dealkylation sites (tertiary alicyclic amines) is 1. The zero-order valence-electron chi connectivity index (χ0n) is 30.0. The Kier molecular flexibility index (Phi) is 12.2. The highest BCUT2D eigenvalue weighted by Crippen LogP contribution is 2.34. The van der Waals surface area contributed by atoms with Gasteiger partial charge in [-0.1, -0.05) is 47.6 Å². The van der Waals surface area contributed by atoms with Gasteiger partial charge in [0, 0.05) is 17.7 Å². The molecule has 5 heterocycles. The standard InChI is InChI=1S/C32H34N6O4.3C2H6/c1-32(2,3)42-31(40)38-13-5-7-25(38)30-35-17-24(37-30)19-8-10-20-27(15-19)41-26-11-9-18(14-21(26)28(20)39)23-16-34-29(36-23)22-6-4-12-33-22;3*1-2/h8-11,14-17,22,25,33H,4-7,12-13H2,1-3H3,(H,34,36)(H,35,37);3*1-2H3/t22-,25?;;;/m0.../s1. The number of fused-ring (bicyclic) bond motifs is 2. The number of aromatic amines is 2. The molecule has 1 amide bonds. The molecule has 1 unspecified atom stereocenters. The molecule has 2 aromatic carbocycles. The number of nitrogens with one attached hydrogen (secondary N) is 3. The van der Waals surface area contributed by atoms with Crippen molar-refractivity contribution < 1.29 is 13.9 Å². The van der Waals surface area contributed by atoms with Crippen molar-refractivity contribution in [3.8, 4) is 22.5 Å². The summed E-state index contributed by atoms with van der Waals surface area (Å²) in [6.45, 7) is 19.2. The van der Waals surface area contributed by atoms with Crippen LogP contribution in [0.2, 0.25) is 0 Å². The van der Waals surface area contributed by atoms with Crippen molar-refractivity contribution in [1.82, 2.24) is 30.2 Å². The summed E-state index contributed by atoms with van der Waals surface area (Å²) in [4.78, 5) is 44.0. The molecule has 258 valence electrons. The third-order valence-electron chi connectivity index (χ3n) is 8.07. The Bertz CT molecular complexity index is 1860. The predicted octanol–water partition coefficient (Wildman–Crippen LogP) is 9.30. The van der Waals surface area contributed by atoms with E-state index in [1.165, 1.54) is 0 Å². The minimum absolute atomic E-state index is 0.0823. The lowest BCUT2D eigenvalue weighted by atomic mass is 10.1. The van der Waals surface area contributed by atoms with Gasteiger partial charge in [-0.25, -0.2) is 14.8 Å². The summed E-state index contributed by atoms with van der Waals surface area (Å²) in [7, 11) is 0. The van der Waals surface area contributed by atoms with Crippen LogP contribution in [0.3, 0.4) is 0 Å². The number of imidazole rings is 2. The zero-order valence-corrected chi connectivity index (χ0v) is 30.0. The Morgan fingerprint density at radius 3 is 2.15 bits per heavy atom. The van der Waals surface area contributed by atoms with E-state index >= 15 is 0 Å². The number of hydrogen-bond acceptors (Lipinski definition) is 7. The Balaban J connectivity index is 0.000000823. The second-order valence-electron chi connectivity index (χ2n) is 12.2. The molecule has 0 bridgehead atoms. The van der Waals surface area contributed by atoms with Crippen LogP contribution in [-0.2, 0) is 4.74 Å². The molecular formula is C38H52N6O4. The third-order valence-corrected chi connectivity index (χ3v) is 8.07. The van der Waals surface area contributed by atoms with Crippen molar-refractivity contribution in [2.45, 2.75) is 106 Å². The maximum atomic E-state index is 13.5. The molecule has 3 N–H and O–H groups in total. The highest BCUT2D eigenvalue weighted by atomic mass is 16.6. The van der Waals surface area contributed by atoms with Crippen molar-refractivity contribution in [3.05, 3.63) is 70.7 Å². The van der Waals surface area contributed by atoms with Crippen LogP contribution in [0.25, 0.3) is 44.5 Å². The number of rotatable bonds is 4. The number of benzene rings is 2. The van der Waals surface area contributed by atoms with Crippen LogP contribution in [0.4, 0.5) is 4.79 Å². The fraction of sp³-hybridized carbons (Fsp3) is 0.474. The van der Waals surface area contributed by atoms with Gasteiger partial charge < -0.3 is 24.4 Å². The van der Waals surface area contributed by atoms with E-state index in [1.54, 1.807) is 17.2 Å². The summed E-state index contributed by atoms with van der Waals surface area (Å²) < 4.78 is 11.8. The molecule has 2 atom stereocenters. The van der Waals surface area contributed by atoms with Crippen LogP contribution >= 0.6 is 0 Å². The molecule has 2 saturated heterocycles. The molecule has 0 saturated carbocycles. The largest absolute Gasteiger partial charge is 0.456 e. The van der Waals surface area contributed by atoms with Gasteiger partial charge in [0.2, 0.25) is 5.43 Å². The monoisotopic (exact) mass is 656 g/mol. The smallest absolute Gasteiger partial charge is 0.410 e. The maximum absolute atomic E-state index is 13.5. The summed E-state index contributed by atoms with van der Waals surface area (Å²) in [6, 6.07) is 11.3. The van der Waals surface area contributed by atoms with Gasteiger partial charge in [0.15, 0.2) is 0 Å². The van der Waals surface area contributed by atoms with Crippen molar-refractivity contribution in [2.24, 2.45) is 0 Å². The molecule has 2 aliphatic rings. The van der Waals surface area contributed by atoms with E-state index in [4.69, 9.17) is 9.15 Å². The molecule has 2 fully saturated rings. The normalized spacial score (nSPS) is 17.2. The van der Waals surface area contributed by atoms with Crippen LogP contribution in [0.15, 0.2) is 58.0 Å². The van der Waals surface area contributed by atoms with E-state index in [2.05, 4.69) is 25.3 Å². The van der Waals surface area contributed by atoms with Crippen molar-refractivity contribution in [2.75, 3.05) is 13.1 Å². The van der Waals surface area contributed by atoms with Crippen LogP contribution in [0.5, 0.6) is 0 Å². The number of nitrogens with zero attached hydrogens (tertiary/aromatic N) is 3. The quantitative estimate of drug-likeness (QED) is 0.164. The van der Waals surface area contributed by atoms with Gasteiger partial charge in [-0.05, 0) is 83.3 Å². The highest BCUT2D eigenvalue weighted by Gasteiger charge is 2.35. The van der Waals surface area contributed by atoms with E-state index < -0.39 is 5.60 Å². The summed E-state index contributed by atoms with van der Waals surface area (Å²) in [5.74, 6) is 1.64. The second kappa shape index (κ2) is 16.1. The fourth-order valence-corrected chi connectivity index (χ4v) is 6.01. The molecule has 7 rings (SSSR count). The van der Waals surface area contributed by atoms with Crippen LogP contribution in [0, 0.1) is 0 Å². The molecule has 10 nitrogen and oxygen atoms in total. The van der Waals surface area contributed by atoms with Crippen LogP contribution < -0.4 is 10.7 Å². The van der Waals surface area contributed by atoms with Gasteiger partial charge in [0.1, 0.15) is 28.4 Å². The number of amides is 1. The second-order valence-corrected chi connectivity index (χ2v) is 12.2. The molecular weight excluding hydrogens is 604 g/mol. The lowest BCUT2D eigenvalue weighted by Gasteiger charge is -2.27. The Labute approximate surface area is 283 Å². The van der Waals surface area contributed by atoms with Gasteiger partial charge in [-0.15, -0.1) is 0 Å². The predicted molar refractivity (Wildman–Crippen MR) is 194 cm³/mol. The lowest BCUT2D eigenvalue weighted by Crippen LogP contribution is -2.36. The first-order chi connectivity index (χ1) is 23.2.